The molecular formula is C27H27N7O7. The van der Waals surface area contributed by atoms with E-state index in [0.29, 0.717) is 23.5 Å². The van der Waals surface area contributed by atoms with Crippen molar-refractivity contribution in [3.8, 4) is 35.3 Å². The highest BCUT2D eigenvalue weighted by Crippen LogP contribution is 2.39. The molecule has 0 spiro atoms. The van der Waals surface area contributed by atoms with E-state index < -0.39 is 34.9 Å². The predicted molar refractivity (Wildman–Crippen MR) is 147 cm³/mol. The fraction of sp³-hybridized carbons (Fsp3) is 0.296. The van der Waals surface area contributed by atoms with Crippen LogP contribution in [0.2, 0.25) is 0 Å². The minimum atomic E-state index is -0.787. The minimum absolute atomic E-state index is 0.0977. The molecule has 0 saturated heterocycles. The maximum Gasteiger partial charge on any atom is 0.392 e. The first-order chi connectivity index (χ1) is 19.7. The second-order valence-corrected chi connectivity index (χ2v) is 8.86. The summed E-state index contributed by atoms with van der Waals surface area (Å²) in [5.41, 5.74) is 0.967. The predicted octanol–water partition coefficient (Wildman–Crippen LogP) is 3.54. The molecule has 2 heterocycles. The van der Waals surface area contributed by atoms with Crippen LogP contribution in [-0.2, 0) is 9.53 Å². The van der Waals surface area contributed by atoms with Gasteiger partial charge in [0.1, 0.15) is 23.4 Å². The van der Waals surface area contributed by atoms with Crippen LogP contribution in [-0.4, -0.2) is 79.0 Å². The number of esters is 1. The number of aromatic nitrogens is 2. The highest BCUT2D eigenvalue weighted by Gasteiger charge is 2.30. The maximum absolute atomic E-state index is 12.1. The van der Waals surface area contributed by atoms with Crippen LogP contribution in [0.5, 0.6) is 29.3 Å². The molecule has 1 aliphatic rings. The van der Waals surface area contributed by atoms with E-state index >= 15 is 0 Å². The number of benzene rings is 2. The van der Waals surface area contributed by atoms with Crippen molar-refractivity contribution in [3.63, 3.8) is 0 Å². The lowest BCUT2D eigenvalue weighted by Gasteiger charge is -2.16. The number of carbonyl (C=O) groups is 1. The number of carbonyl (C=O) groups excluding carboxylic acids is 1. The number of nitrogens with zero attached hydrogens (tertiary/aromatic N) is 7. The Hall–Kier alpha value is -5.45. The van der Waals surface area contributed by atoms with Gasteiger partial charge >= 0.3 is 29.4 Å². The summed E-state index contributed by atoms with van der Waals surface area (Å²) >= 11 is 0. The van der Waals surface area contributed by atoms with Gasteiger partial charge in [0.05, 0.1) is 29.3 Å². The summed E-state index contributed by atoms with van der Waals surface area (Å²) in [5.74, 6) is -0.525. The summed E-state index contributed by atoms with van der Waals surface area (Å²) < 4.78 is 21.9. The molecule has 14 heteroatoms. The first-order valence-corrected chi connectivity index (χ1v) is 12.5. The van der Waals surface area contributed by atoms with Gasteiger partial charge in [-0.05, 0) is 31.2 Å². The van der Waals surface area contributed by atoms with E-state index in [1.54, 1.807) is 44.1 Å². The topological polar surface area (TPSA) is 166 Å². The first-order valence-electron chi connectivity index (χ1n) is 12.5. The van der Waals surface area contributed by atoms with Gasteiger partial charge in [0.25, 0.3) is 0 Å². The van der Waals surface area contributed by atoms with Crippen LogP contribution >= 0.6 is 0 Å². The Balaban J connectivity index is 1.75. The van der Waals surface area contributed by atoms with Gasteiger partial charge in [-0.25, -0.2) is 4.79 Å². The molecule has 0 unspecified atom stereocenters. The van der Waals surface area contributed by atoms with E-state index in [9.17, 15) is 20.2 Å². The standard InChI is InChI=1S/C27H27N7O7/c1-5-38-22(35)16-39-25-23(34(36)37)26(40-20-10-9-18(15-28)21(14-20)32(2)3)31-27(30-25)41-19-8-6-7-17(13-19)24-29-11-12-33(24)4/h6-10,13-14H,5,11-12,16H2,1-4H3. The van der Waals surface area contributed by atoms with Crippen molar-refractivity contribution in [1.29, 1.82) is 5.26 Å². The van der Waals surface area contributed by atoms with Gasteiger partial charge in [0, 0.05) is 39.3 Å². The van der Waals surface area contributed by atoms with Crippen molar-refractivity contribution < 1.29 is 28.7 Å². The summed E-state index contributed by atoms with van der Waals surface area (Å²) in [4.78, 5) is 39.7. The maximum atomic E-state index is 12.1. The third-order valence-corrected chi connectivity index (χ3v) is 5.76. The van der Waals surface area contributed by atoms with E-state index in [0.717, 1.165) is 17.9 Å². The van der Waals surface area contributed by atoms with Crippen LogP contribution in [0.4, 0.5) is 11.4 Å². The molecule has 1 aromatic heterocycles. The summed E-state index contributed by atoms with van der Waals surface area (Å²) in [7, 11) is 5.41. The Kier molecular flexibility index (Phi) is 8.78. The average Bonchev–Trinajstić information content (AvgIpc) is 3.37. The van der Waals surface area contributed by atoms with Gasteiger partial charge in [-0.15, -0.1) is 0 Å². The number of amidine groups is 1. The molecule has 0 atom stereocenters. The van der Waals surface area contributed by atoms with Crippen LogP contribution in [0.25, 0.3) is 0 Å². The molecule has 4 rings (SSSR count). The van der Waals surface area contributed by atoms with Gasteiger partial charge in [0.15, 0.2) is 6.61 Å². The van der Waals surface area contributed by atoms with Crippen molar-refractivity contribution in [3.05, 3.63) is 63.7 Å². The molecule has 212 valence electrons. The van der Waals surface area contributed by atoms with Crippen molar-refractivity contribution in [2.75, 3.05) is 52.3 Å². The molecular weight excluding hydrogens is 534 g/mol. The molecule has 0 fully saturated rings. The fourth-order valence-electron chi connectivity index (χ4n) is 3.90. The third-order valence-electron chi connectivity index (χ3n) is 5.76. The van der Waals surface area contributed by atoms with Gasteiger partial charge < -0.3 is 28.7 Å². The summed E-state index contributed by atoms with van der Waals surface area (Å²) in [5, 5.41) is 21.5. The van der Waals surface area contributed by atoms with Crippen LogP contribution in [0.1, 0.15) is 18.1 Å². The highest BCUT2D eigenvalue weighted by molar-refractivity contribution is 5.99. The van der Waals surface area contributed by atoms with Crippen molar-refractivity contribution in [1.82, 2.24) is 14.9 Å². The van der Waals surface area contributed by atoms with Gasteiger partial charge in [-0.3, -0.25) is 15.1 Å². The average molecular weight is 562 g/mol. The Bertz CT molecular complexity index is 1530. The SMILES string of the molecule is CCOC(=O)COc1nc(Oc2cccc(C3=NCCN3C)c2)nc(Oc2ccc(C#N)c(N(C)C)c2)c1[N+](=O)[O-]. The quantitative estimate of drug-likeness (QED) is 0.190. The highest BCUT2D eigenvalue weighted by atomic mass is 16.6. The molecule has 0 N–H and O–H groups in total. The minimum Gasteiger partial charge on any atom is -0.463 e. The molecule has 0 amide bonds. The fourth-order valence-corrected chi connectivity index (χ4v) is 3.90. The summed E-state index contributed by atoms with van der Waals surface area (Å²) in [6.07, 6.45) is 0. The number of nitriles is 1. The number of ether oxygens (including phenoxy) is 4. The number of aliphatic imine (C=N–C) groups is 1. The molecule has 2 aromatic carbocycles. The Morgan fingerprint density at radius 1 is 1.15 bits per heavy atom. The van der Waals surface area contributed by atoms with Crippen LogP contribution < -0.4 is 19.1 Å². The largest absolute Gasteiger partial charge is 0.463 e. The van der Waals surface area contributed by atoms with Crippen molar-refractivity contribution in [2.45, 2.75) is 6.92 Å². The van der Waals surface area contributed by atoms with E-state index in [1.807, 2.05) is 18.0 Å². The number of hydrogen-bond donors (Lipinski definition) is 0. The van der Waals surface area contributed by atoms with E-state index in [4.69, 9.17) is 18.9 Å². The summed E-state index contributed by atoms with van der Waals surface area (Å²) in [6, 6.07) is 13.3. The van der Waals surface area contributed by atoms with E-state index in [1.165, 1.54) is 18.2 Å². The zero-order valence-electron chi connectivity index (χ0n) is 22.9. The number of nitro groups is 1. The first kappa shape index (κ1) is 28.6. The summed E-state index contributed by atoms with van der Waals surface area (Å²) in [6.45, 7) is 2.54. The lowest BCUT2D eigenvalue weighted by atomic mass is 10.2. The van der Waals surface area contributed by atoms with Gasteiger partial charge in [-0.2, -0.15) is 15.2 Å². The zero-order chi connectivity index (χ0) is 29.5. The third kappa shape index (κ3) is 6.77. The van der Waals surface area contributed by atoms with Crippen molar-refractivity contribution in [2.24, 2.45) is 4.99 Å². The van der Waals surface area contributed by atoms with E-state index in [2.05, 4.69) is 21.0 Å². The lowest BCUT2D eigenvalue weighted by Crippen LogP contribution is -2.23. The molecule has 0 bridgehead atoms. The molecule has 0 saturated carbocycles. The Morgan fingerprint density at radius 2 is 1.90 bits per heavy atom. The monoisotopic (exact) mass is 561 g/mol. The van der Waals surface area contributed by atoms with Gasteiger partial charge in [0.2, 0.25) is 0 Å². The number of likely N-dealkylation sites (N-methyl/N-ethyl adjacent to an activating group) is 1. The molecule has 41 heavy (non-hydrogen) atoms. The molecule has 0 radical (unpaired) electrons. The van der Waals surface area contributed by atoms with Crippen LogP contribution in [0.15, 0.2) is 47.5 Å². The lowest BCUT2D eigenvalue weighted by molar-refractivity contribution is -0.387. The van der Waals surface area contributed by atoms with E-state index in [-0.39, 0.29) is 18.4 Å². The molecule has 0 aliphatic carbocycles. The second kappa shape index (κ2) is 12.6. The number of anilines is 1. The molecule has 14 nitrogen and oxygen atoms in total. The normalized spacial score (nSPS) is 12.3. The van der Waals surface area contributed by atoms with Crippen LogP contribution in [0, 0.1) is 21.4 Å². The zero-order valence-corrected chi connectivity index (χ0v) is 22.9. The smallest absolute Gasteiger partial charge is 0.392 e. The van der Waals surface area contributed by atoms with Crippen LogP contribution in [0.3, 0.4) is 0 Å². The van der Waals surface area contributed by atoms with Crippen molar-refractivity contribution >= 4 is 23.2 Å². The molecule has 3 aromatic rings. The second-order valence-electron chi connectivity index (χ2n) is 8.86. The molecule has 1 aliphatic heterocycles. The number of rotatable bonds is 11. The number of hydrogen-bond acceptors (Lipinski definition) is 13. The van der Waals surface area contributed by atoms with Gasteiger partial charge in [-0.1, -0.05) is 12.1 Å². The Labute approximate surface area is 235 Å². The Morgan fingerprint density at radius 3 is 2.56 bits per heavy atom.